The second-order valence-electron chi connectivity index (χ2n) is 8.03. The van der Waals surface area contributed by atoms with Crippen molar-refractivity contribution in [1.29, 1.82) is 0 Å². The van der Waals surface area contributed by atoms with E-state index in [0.717, 1.165) is 11.1 Å². The third kappa shape index (κ3) is 5.44. The number of aryl methyl sites for hydroxylation is 2. The van der Waals surface area contributed by atoms with Crippen LogP contribution in [0.4, 0.5) is 11.4 Å². The zero-order valence-corrected chi connectivity index (χ0v) is 20.1. The minimum atomic E-state index is -0.958. The lowest BCUT2D eigenvalue weighted by molar-refractivity contribution is -0.133. The van der Waals surface area contributed by atoms with E-state index in [9.17, 15) is 14.4 Å². The summed E-state index contributed by atoms with van der Waals surface area (Å²) in [5, 5.41) is 6.47. The van der Waals surface area contributed by atoms with Crippen LogP contribution in [-0.4, -0.2) is 29.5 Å². The topological polar surface area (TPSA) is 101 Å². The number of hydrogen-bond donors (Lipinski definition) is 3. The van der Waals surface area contributed by atoms with E-state index in [1.165, 1.54) is 11.8 Å². The second-order valence-corrected chi connectivity index (χ2v) is 8.46. The van der Waals surface area contributed by atoms with Crippen molar-refractivity contribution in [2.24, 2.45) is 0 Å². The average molecular weight is 491 g/mol. The summed E-state index contributed by atoms with van der Waals surface area (Å²) in [6.07, 6.45) is 0. The largest absolute Gasteiger partial charge is 0.497 e. The van der Waals surface area contributed by atoms with Crippen LogP contribution < -0.4 is 20.8 Å². The molecule has 0 saturated carbocycles. The maximum Gasteiger partial charge on any atom is 0.328 e. The Morgan fingerprint density at radius 3 is 2.29 bits per heavy atom. The van der Waals surface area contributed by atoms with Gasteiger partial charge in [0.05, 0.1) is 12.6 Å². The smallest absolute Gasteiger partial charge is 0.328 e. The molecule has 3 amide bonds. The van der Waals surface area contributed by atoms with E-state index in [4.69, 9.17) is 16.3 Å². The molecule has 1 heterocycles. The van der Waals surface area contributed by atoms with Gasteiger partial charge in [0.15, 0.2) is 0 Å². The number of halogens is 1. The number of ether oxygens (including phenoxy) is 1. The lowest BCUT2D eigenvalue weighted by Crippen LogP contribution is -2.36. The summed E-state index contributed by atoms with van der Waals surface area (Å²) in [5.41, 5.74) is 6.15. The molecule has 0 aliphatic carbocycles. The fourth-order valence-electron chi connectivity index (χ4n) is 3.76. The first-order valence-electron chi connectivity index (χ1n) is 10.7. The van der Waals surface area contributed by atoms with Crippen molar-refractivity contribution in [2.45, 2.75) is 13.8 Å². The molecule has 0 fully saturated rings. The van der Waals surface area contributed by atoms with Crippen LogP contribution in [0.3, 0.4) is 0 Å². The number of carbonyl (C=O) groups is 3. The van der Waals surface area contributed by atoms with Gasteiger partial charge in [0.25, 0.3) is 5.91 Å². The standard InChI is InChI=1S/C26H23ClN4O4/c1-15-9-16(2)11-20(10-15)29-24(32)23-13-17-12-18(27)7-8-22(17)31(23)30-26(34)25(33)28-19-5-4-6-21(14-19)35-3/h4-14H,1-3H3,(H,28,33)(H,29,32)(H,30,34). The number of hydrogen-bond acceptors (Lipinski definition) is 4. The molecule has 0 spiro atoms. The lowest BCUT2D eigenvalue weighted by atomic mass is 10.1. The van der Waals surface area contributed by atoms with Gasteiger partial charge in [0.2, 0.25) is 0 Å². The second kappa shape index (κ2) is 9.90. The summed E-state index contributed by atoms with van der Waals surface area (Å²) in [6.45, 7) is 3.87. The minimum absolute atomic E-state index is 0.129. The van der Waals surface area contributed by atoms with Crippen LogP contribution in [0.15, 0.2) is 66.7 Å². The number of fused-ring (bicyclic) bond motifs is 1. The fraction of sp³-hybridized carbons (Fsp3) is 0.115. The predicted octanol–water partition coefficient (Wildman–Crippen LogP) is 4.88. The van der Waals surface area contributed by atoms with Gasteiger partial charge in [-0.25, -0.2) is 4.68 Å². The molecule has 35 heavy (non-hydrogen) atoms. The van der Waals surface area contributed by atoms with Crippen molar-refractivity contribution < 1.29 is 19.1 Å². The molecule has 0 unspecified atom stereocenters. The fourth-order valence-corrected chi connectivity index (χ4v) is 3.94. The number of benzene rings is 3. The highest BCUT2D eigenvalue weighted by molar-refractivity contribution is 6.42. The maximum absolute atomic E-state index is 13.2. The van der Waals surface area contributed by atoms with E-state index in [-0.39, 0.29) is 5.69 Å². The third-order valence-corrected chi connectivity index (χ3v) is 5.46. The first-order valence-corrected chi connectivity index (χ1v) is 11.1. The van der Waals surface area contributed by atoms with Crippen molar-refractivity contribution in [3.8, 4) is 5.75 Å². The van der Waals surface area contributed by atoms with E-state index in [1.54, 1.807) is 48.5 Å². The summed E-state index contributed by atoms with van der Waals surface area (Å²) >= 11 is 6.12. The van der Waals surface area contributed by atoms with Gasteiger partial charge in [-0.15, -0.1) is 0 Å². The molecule has 0 radical (unpaired) electrons. The quantitative estimate of drug-likeness (QED) is 0.347. The number of nitrogens with one attached hydrogen (secondary N) is 3. The van der Waals surface area contributed by atoms with Gasteiger partial charge in [0, 0.05) is 27.8 Å². The normalized spacial score (nSPS) is 10.6. The van der Waals surface area contributed by atoms with E-state index < -0.39 is 17.7 Å². The summed E-state index contributed by atoms with van der Waals surface area (Å²) in [4.78, 5) is 38.5. The molecule has 0 aliphatic rings. The highest BCUT2D eigenvalue weighted by Gasteiger charge is 2.21. The molecule has 3 N–H and O–H groups in total. The summed E-state index contributed by atoms with van der Waals surface area (Å²) < 4.78 is 6.41. The SMILES string of the molecule is COc1cccc(NC(=O)C(=O)Nn2c(C(=O)Nc3cc(C)cc(C)c3)cc3cc(Cl)ccc32)c1. The molecule has 0 atom stereocenters. The van der Waals surface area contributed by atoms with Crippen LogP contribution >= 0.6 is 11.6 Å². The van der Waals surface area contributed by atoms with Gasteiger partial charge in [-0.05, 0) is 73.5 Å². The lowest BCUT2D eigenvalue weighted by Gasteiger charge is -2.13. The van der Waals surface area contributed by atoms with Crippen molar-refractivity contribution in [2.75, 3.05) is 23.2 Å². The number of rotatable bonds is 5. The monoisotopic (exact) mass is 490 g/mol. The predicted molar refractivity (Wildman–Crippen MR) is 137 cm³/mol. The Morgan fingerprint density at radius 2 is 1.57 bits per heavy atom. The Kier molecular flexibility index (Phi) is 6.75. The highest BCUT2D eigenvalue weighted by atomic mass is 35.5. The molecule has 3 aromatic carbocycles. The first-order chi connectivity index (χ1) is 16.7. The van der Waals surface area contributed by atoms with Crippen molar-refractivity contribution in [3.05, 3.63) is 88.6 Å². The van der Waals surface area contributed by atoms with E-state index in [0.29, 0.717) is 33.0 Å². The van der Waals surface area contributed by atoms with Crippen LogP contribution in [0, 0.1) is 13.8 Å². The van der Waals surface area contributed by atoms with Gasteiger partial charge in [0.1, 0.15) is 11.4 Å². The summed E-state index contributed by atoms with van der Waals surface area (Å²) in [5.74, 6) is -1.80. The maximum atomic E-state index is 13.2. The van der Waals surface area contributed by atoms with Crippen molar-refractivity contribution in [3.63, 3.8) is 0 Å². The van der Waals surface area contributed by atoms with E-state index >= 15 is 0 Å². The number of amides is 3. The number of nitrogens with zero attached hydrogens (tertiary/aromatic N) is 1. The molecule has 4 aromatic rings. The van der Waals surface area contributed by atoms with Crippen LogP contribution in [0.2, 0.25) is 5.02 Å². The minimum Gasteiger partial charge on any atom is -0.497 e. The van der Waals surface area contributed by atoms with Crippen LogP contribution in [-0.2, 0) is 9.59 Å². The first kappa shape index (κ1) is 23.8. The number of methoxy groups -OCH3 is 1. The van der Waals surface area contributed by atoms with Crippen molar-refractivity contribution >= 4 is 51.6 Å². The number of carbonyl (C=O) groups excluding carboxylic acids is 3. The zero-order valence-electron chi connectivity index (χ0n) is 19.3. The van der Waals surface area contributed by atoms with Gasteiger partial charge in [-0.2, -0.15) is 0 Å². The number of aromatic nitrogens is 1. The van der Waals surface area contributed by atoms with Gasteiger partial charge >= 0.3 is 11.8 Å². The number of anilines is 2. The van der Waals surface area contributed by atoms with Crippen molar-refractivity contribution in [1.82, 2.24) is 4.68 Å². The molecule has 0 bridgehead atoms. The Labute approximate surface area is 206 Å². The molecule has 8 nitrogen and oxygen atoms in total. The summed E-state index contributed by atoms with van der Waals surface area (Å²) in [6, 6.07) is 18.9. The van der Waals surface area contributed by atoms with Crippen LogP contribution in [0.1, 0.15) is 21.6 Å². The molecular weight excluding hydrogens is 468 g/mol. The molecule has 0 saturated heterocycles. The van der Waals surface area contributed by atoms with Gasteiger partial charge in [-0.1, -0.05) is 23.7 Å². The average Bonchev–Trinajstić information content (AvgIpc) is 3.15. The Morgan fingerprint density at radius 1 is 0.829 bits per heavy atom. The zero-order chi connectivity index (χ0) is 25.1. The molecule has 0 aliphatic heterocycles. The van der Waals surface area contributed by atoms with Gasteiger partial charge in [-0.3, -0.25) is 19.8 Å². The molecule has 1 aromatic heterocycles. The highest BCUT2D eigenvalue weighted by Crippen LogP contribution is 2.24. The summed E-state index contributed by atoms with van der Waals surface area (Å²) in [7, 11) is 1.50. The Balaban J connectivity index is 1.62. The molecule has 4 rings (SSSR count). The van der Waals surface area contributed by atoms with E-state index in [1.807, 2.05) is 32.0 Å². The van der Waals surface area contributed by atoms with Crippen LogP contribution in [0.5, 0.6) is 5.75 Å². The van der Waals surface area contributed by atoms with Gasteiger partial charge < -0.3 is 15.4 Å². The Hall–Kier alpha value is -4.30. The van der Waals surface area contributed by atoms with Crippen LogP contribution in [0.25, 0.3) is 10.9 Å². The van der Waals surface area contributed by atoms with E-state index in [2.05, 4.69) is 16.1 Å². The third-order valence-electron chi connectivity index (χ3n) is 5.22. The molecular formula is C26H23ClN4O4. The Bertz CT molecular complexity index is 1440. The molecule has 178 valence electrons. The molecule has 9 heteroatoms.